The molecule has 0 fully saturated rings. The van der Waals surface area contributed by atoms with E-state index in [9.17, 15) is 14.0 Å². The van der Waals surface area contributed by atoms with Gasteiger partial charge in [-0.2, -0.15) is 0 Å². The molecule has 0 aliphatic rings. The van der Waals surface area contributed by atoms with Gasteiger partial charge in [-0.1, -0.05) is 0 Å². The Kier molecular flexibility index (Phi) is 4.03. The van der Waals surface area contributed by atoms with E-state index in [1.165, 1.54) is 13.0 Å². The van der Waals surface area contributed by atoms with Crippen LogP contribution in [0.1, 0.15) is 22.8 Å². The lowest BCUT2D eigenvalue weighted by atomic mass is 10.1. The zero-order valence-corrected chi connectivity index (χ0v) is 9.41. The Balaban J connectivity index is 3.11. The predicted molar refractivity (Wildman–Crippen MR) is 58.7 cm³/mol. The molecule has 5 nitrogen and oxygen atoms in total. The van der Waals surface area contributed by atoms with Gasteiger partial charge in [0.1, 0.15) is 5.82 Å². The molecule has 1 aromatic rings. The molecule has 0 heterocycles. The summed E-state index contributed by atoms with van der Waals surface area (Å²) in [5.74, 6) is -1.95. The summed E-state index contributed by atoms with van der Waals surface area (Å²) in [5.41, 5.74) is -0.306. The average Bonchev–Trinajstić information content (AvgIpc) is 2.23. The Labute approximate surface area is 97.2 Å². The maximum absolute atomic E-state index is 13.2. The van der Waals surface area contributed by atoms with E-state index in [0.717, 1.165) is 6.07 Å². The van der Waals surface area contributed by atoms with Crippen LogP contribution in [-0.2, 0) is 4.74 Å². The van der Waals surface area contributed by atoms with E-state index < -0.39 is 17.9 Å². The Morgan fingerprint density at radius 2 is 2.12 bits per heavy atom. The number of ether oxygens (including phenoxy) is 1. The minimum Gasteiger partial charge on any atom is -0.478 e. The summed E-state index contributed by atoms with van der Waals surface area (Å²) >= 11 is 0. The summed E-state index contributed by atoms with van der Waals surface area (Å²) in [5, 5.41) is 11.2. The van der Waals surface area contributed by atoms with Crippen LogP contribution >= 0.6 is 0 Å². The zero-order valence-electron chi connectivity index (χ0n) is 9.41. The summed E-state index contributed by atoms with van der Waals surface area (Å²) in [6.07, 6.45) is -0.777. The van der Waals surface area contributed by atoms with Crippen molar-refractivity contribution in [1.29, 1.82) is 0 Å². The van der Waals surface area contributed by atoms with Gasteiger partial charge in [-0.05, 0) is 26.0 Å². The molecule has 1 amide bonds. The number of carboxylic acids is 1. The summed E-state index contributed by atoms with van der Waals surface area (Å²) in [7, 11) is 0. The third-order valence-electron chi connectivity index (χ3n) is 2.12. The van der Waals surface area contributed by atoms with Crippen LogP contribution in [0.5, 0.6) is 0 Å². The highest BCUT2D eigenvalue weighted by Gasteiger charge is 2.18. The van der Waals surface area contributed by atoms with Crippen molar-refractivity contribution >= 4 is 17.7 Å². The maximum Gasteiger partial charge on any atom is 0.411 e. The van der Waals surface area contributed by atoms with E-state index in [0.29, 0.717) is 0 Å². The number of carbonyl (C=O) groups is 2. The molecule has 1 rings (SSSR count). The van der Waals surface area contributed by atoms with Crippen molar-refractivity contribution in [1.82, 2.24) is 0 Å². The smallest absolute Gasteiger partial charge is 0.411 e. The minimum atomic E-state index is -1.31. The molecule has 0 saturated heterocycles. The first-order valence-electron chi connectivity index (χ1n) is 4.93. The number of carbonyl (C=O) groups excluding carboxylic acids is 1. The van der Waals surface area contributed by atoms with Gasteiger partial charge in [0, 0.05) is 5.56 Å². The molecule has 2 N–H and O–H groups in total. The van der Waals surface area contributed by atoms with E-state index in [4.69, 9.17) is 5.11 Å². The topological polar surface area (TPSA) is 75.6 Å². The largest absolute Gasteiger partial charge is 0.478 e. The van der Waals surface area contributed by atoms with Gasteiger partial charge >= 0.3 is 12.1 Å². The van der Waals surface area contributed by atoms with Crippen LogP contribution in [0.2, 0.25) is 0 Å². The Hall–Kier alpha value is -2.11. The first-order chi connectivity index (χ1) is 7.97. The highest BCUT2D eigenvalue weighted by Crippen LogP contribution is 2.22. The van der Waals surface area contributed by atoms with E-state index in [1.807, 2.05) is 0 Å². The van der Waals surface area contributed by atoms with Gasteiger partial charge in [0.2, 0.25) is 0 Å². The highest BCUT2D eigenvalue weighted by atomic mass is 19.1. The predicted octanol–water partition coefficient (Wildman–Crippen LogP) is 2.40. The number of amides is 1. The van der Waals surface area contributed by atoms with Gasteiger partial charge in [0.05, 0.1) is 17.9 Å². The molecule has 0 unspecified atom stereocenters. The monoisotopic (exact) mass is 241 g/mol. The number of hydrogen-bond donors (Lipinski definition) is 2. The quantitative estimate of drug-likeness (QED) is 0.851. The second-order valence-corrected chi connectivity index (χ2v) is 3.25. The second kappa shape index (κ2) is 5.29. The molecule has 0 bridgehead atoms. The van der Waals surface area contributed by atoms with Crippen LogP contribution in [0.3, 0.4) is 0 Å². The van der Waals surface area contributed by atoms with Crippen molar-refractivity contribution in [3.8, 4) is 0 Å². The van der Waals surface area contributed by atoms with E-state index >= 15 is 0 Å². The summed E-state index contributed by atoms with van der Waals surface area (Å²) in [6.45, 7) is 3.11. The fourth-order valence-electron chi connectivity index (χ4n) is 1.34. The first kappa shape index (κ1) is 13.0. The lowest BCUT2D eigenvalue weighted by Gasteiger charge is -2.10. The Morgan fingerprint density at radius 3 is 2.65 bits per heavy atom. The molecule has 0 aliphatic heterocycles. The number of rotatable bonds is 3. The molecule has 92 valence electrons. The molecule has 0 aliphatic carbocycles. The van der Waals surface area contributed by atoms with Crippen LogP contribution in [0.15, 0.2) is 12.1 Å². The molecular formula is C11H12FNO4. The van der Waals surface area contributed by atoms with Crippen molar-refractivity contribution in [2.24, 2.45) is 0 Å². The lowest BCUT2D eigenvalue weighted by Crippen LogP contribution is -2.17. The van der Waals surface area contributed by atoms with Crippen LogP contribution in [-0.4, -0.2) is 23.8 Å². The van der Waals surface area contributed by atoms with Gasteiger partial charge in [0.25, 0.3) is 0 Å². The summed E-state index contributed by atoms with van der Waals surface area (Å²) in [6, 6.07) is 2.27. The Morgan fingerprint density at radius 1 is 1.47 bits per heavy atom. The molecule has 0 aromatic heterocycles. The van der Waals surface area contributed by atoms with Crippen molar-refractivity contribution in [2.45, 2.75) is 13.8 Å². The van der Waals surface area contributed by atoms with Gasteiger partial charge in [-0.3, -0.25) is 5.32 Å². The minimum absolute atomic E-state index is 0.00912. The molecule has 0 radical (unpaired) electrons. The normalized spacial score (nSPS) is 9.82. The van der Waals surface area contributed by atoms with Crippen molar-refractivity contribution < 1.29 is 23.8 Å². The molecule has 17 heavy (non-hydrogen) atoms. The Bertz CT molecular complexity index is 459. The highest BCUT2D eigenvalue weighted by molar-refractivity contribution is 6.00. The van der Waals surface area contributed by atoms with Crippen molar-refractivity contribution in [2.75, 3.05) is 11.9 Å². The van der Waals surface area contributed by atoms with Gasteiger partial charge in [0.15, 0.2) is 0 Å². The van der Waals surface area contributed by atoms with Crippen LogP contribution in [0.25, 0.3) is 0 Å². The lowest BCUT2D eigenvalue weighted by molar-refractivity contribution is 0.0696. The molecule has 6 heteroatoms. The fourth-order valence-corrected chi connectivity index (χ4v) is 1.34. The van der Waals surface area contributed by atoms with Gasteiger partial charge < -0.3 is 9.84 Å². The number of hydrogen-bond acceptors (Lipinski definition) is 3. The molecule has 0 spiro atoms. The van der Waals surface area contributed by atoms with E-state index in [-0.39, 0.29) is 23.4 Å². The standard InChI is InChI=1S/C11H12FNO4/c1-3-17-11(16)13-8-5-4-7(12)6(2)9(8)10(14)15/h4-5H,3H2,1-2H3,(H,13,16)(H,14,15). The van der Waals surface area contributed by atoms with Crippen LogP contribution in [0, 0.1) is 12.7 Å². The number of nitrogens with one attached hydrogen (secondary N) is 1. The molecule has 0 saturated carbocycles. The third-order valence-corrected chi connectivity index (χ3v) is 2.12. The molecule has 0 atom stereocenters. The molecule has 1 aromatic carbocycles. The van der Waals surface area contributed by atoms with Crippen LogP contribution in [0.4, 0.5) is 14.9 Å². The second-order valence-electron chi connectivity index (χ2n) is 3.25. The van der Waals surface area contributed by atoms with E-state index in [2.05, 4.69) is 10.1 Å². The summed E-state index contributed by atoms with van der Waals surface area (Å²) < 4.78 is 17.8. The van der Waals surface area contributed by atoms with Gasteiger partial charge in [-0.25, -0.2) is 14.0 Å². The van der Waals surface area contributed by atoms with Crippen molar-refractivity contribution in [3.63, 3.8) is 0 Å². The number of aromatic carboxylic acids is 1. The van der Waals surface area contributed by atoms with Gasteiger partial charge in [-0.15, -0.1) is 0 Å². The third kappa shape index (κ3) is 2.93. The number of benzene rings is 1. The van der Waals surface area contributed by atoms with Crippen molar-refractivity contribution in [3.05, 3.63) is 29.1 Å². The number of carboxylic acid groups (broad SMARTS) is 1. The SMILES string of the molecule is CCOC(=O)Nc1ccc(F)c(C)c1C(=O)O. The number of halogens is 1. The molecular weight excluding hydrogens is 229 g/mol. The maximum atomic E-state index is 13.2. The first-order valence-corrected chi connectivity index (χ1v) is 4.93. The van der Waals surface area contributed by atoms with E-state index in [1.54, 1.807) is 6.92 Å². The average molecular weight is 241 g/mol. The zero-order chi connectivity index (χ0) is 13.0. The van der Waals surface area contributed by atoms with Crippen LogP contribution < -0.4 is 5.32 Å². The fraction of sp³-hybridized carbons (Fsp3) is 0.273. The number of anilines is 1. The summed E-state index contributed by atoms with van der Waals surface area (Å²) in [4.78, 5) is 22.1.